The summed E-state index contributed by atoms with van der Waals surface area (Å²) in [5, 5.41) is 3.88. The highest BCUT2D eigenvalue weighted by molar-refractivity contribution is 9.10. The van der Waals surface area contributed by atoms with E-state index in [1.54, 1.807) is 0 Å². The van der Waals surface area contributed by atoms with Crippen molar-refractivity contribution in [1.82, 2.24) is 5.32 Å². The highest BCUT2D eigenvalue weighted by atomic mass is 79.9. The lowest BCUT2D eigenvalue weighted by atomic mass is 9.92. The van der Waals surface area contributed by atoms with Gasteiger partial charge in [0.15, 0.2) is 0 Å². The lowest BCUT2D eigenvalue weighted by molar-refractivity contribution is 0.0954. The number of halogens is 1. The van der Waals surface area contributed by atoms with Gasteiger partial charge in [-0.15, -0.1) is 11.3 Å². The minimum absolute atomic E-state index is 0.0835. The summed E-state index contributed by atoms with van der Waals surface area (Å²) in [4.78, 5) is 12.8. The third-order valence-electron chi connectivity index (χ3n) is 3.07. The minimum Gasteiger partial charge on any atom is -0.397 e. The van der Waals surface area contributed by atoms with Gasteiger partial charge in [0.1, 0.15) is 4.88 Å². The topological polar surface area (TPSA) is 55.1 Å². The van der Waals surface area contributed by atoms with Gasteiger partial charge in [0, 0.05) is 21.1 Å². The Balaban J connectivity index is 2.19. The number of nitrogens with two attached hydrogens (primary N) is 1. The maximum atomic E-state index is 12.2. The summed E-state index contributed by atoms with van der Waals surface area (Å²) in [6.07, 6.45) is 0.938. The van der Waals surface area contributed by atoms with Gasteiger partial charge in [-0.3, -0.25) is 4.79 Å². The molecule has 2 rings (SSSR count). The average Bonchev–Trinajstić information content (AvgIpc) is 2.66. The number of carbonyl (C=O) groups excluding carboxylic acids is 1. The smallest absolute Gasteiger partial charge is 0.263 e. The van der Waals surface area contributed by atoms with E-state index in [-0.39, 0.29) is 11.3 Å². The fourth-order valence-electron chi connectivity index (χ4n) is 1.93. The Hall–Kier alpha value is -1.07. The molecule has 0 fully saturated rings. The van der Waals surface area contributed by atoms with E-state index < -0.39 is 0 Å². The zero-order valence-corrected chi connectivity index (χ0v) is 14.3. The molecule has 1 amide bonds. The molecule has 108 valence electrons. The van der Waals surface area contributed by atoms with Crippen LogP contribution in [-0.2, 0) is 0 Å². The van der Waals surface area contributed by atoms with Crippen molar-refractivity contribution in [3.05, 3.63) is 27.5 Å². The number of benzene rings is 1. The van der Waals surface area contributed by atoms with Crippen LogP contribution in [0.2, 0.25) is 0 Å². The van der Waals surface area contributed by atoms with Crippen LogP contribution in [0, 0.1) is 5.41 Å². The van der Waals surface area contributed by atoms with Crippen molar-refractivity contribution in [1.29, 1.82) is 0 Å². The van der Waals surface area contributed by atoms with E-state index >= 15 is 0 Å². The van der Waals surface area contributed by atoms with Crippen LogP contribution in [0.1, 0.15) is 36.9 Å². The second kappa shape index (κ2) is 5.74. The Morgan fingerprint density at radius 2 is 2.10 bits per heavy atom. The molecule has 2 aromatic rings. The molecule has 1 aromatic heterocycles. The van der Waals surface area contributed by atoms with Gasteiger partial charge in [-0.1, -0.05) is 42.8 Å². The number of nitrogen functional groups attached to an aromatic ring is 1. The van der Waals surface area contributed by atoms with Gasteiger partial charge in [0.05, 0.1) is 5.69 Å². The molecule has 0 aliphatic rings. The second-order valence-corrected chi connectivity index (χ2v) is 7.93. The van der Waals surface area contributed by atoms with Crippen molar-refractivity contribution in [2.24, 2.45) is 5.41 Å². The first kappa shape index (κ1) is 15.3. The van der Waals surface area contributed by atoms with Crippen LogP contribution < -0.4 is 11.1 Å². The Kier molecular flexibility index (Phi) is 4.39. The fourth-order valence-corrected chi connectivity index (χ4v) is 3.71. The normalized spacial score (nSPS) is 11.8. The van der Waals surface area contributed by atoms with E-state index in [0.29, 0.717) is 17.1 Å². The summed E-state index contributed by atoms with van der Waals surface area (Å²) in [6.45, 7) is 7.13. The van der Waals surface area contributed by atoms with Crippen LogP contribution in [0.4, 0.5) is 5.69 Å². The summed E-state index contributed by atoms with van der Waals surface area (Å²) >= 11 is 4.92. The fraction of sp³-hybridized carbons (Fsp3) is 0.400. The molecule has 0 atom stereocenters. The lowest BCUT2D eigenvalue weighted by Crippen LogP contribution is -2.27. The van der Waals surface area contributed by atoms with Crippen molar-refractivity contribution >= 4 is 48.9 Å². The van der Waals surface area contributed by atoms with Crippen LogP contribution >= 0.6 is 27.3 Å². The van der Waals surface area contributed by atoms with Crippen molar-refractivity contribution in [3.63, 3.8) is 0 Å². The third kappa shape index (κ3) is 3.33. The molecular weight excluding hydrogens is 336 g/mol. The molecule has 0 radical (unpaired) electrons. The number of hydrogen-bond donors (Lipinski definition) is 2. The first-order chi connectivity index (χ1) is 9.29. The maximum Gasteiger partial charge on any atom is 0.263 e. The molecule has 0 saturated heterocycles. The molecule has 20 heavy (non-hydrogen) atoms. The van der Waals surface area contributed by atoms with Gasteiger partial charge in [0.25, 0.3) is 5.91 Å². The Bertz CT molecular complexity index is 643. The Morgan fingerprint density at radius 1 is 1.40 bits per heavy atom. The number of fused-ring (bicyclic) bond motifs is 1. The summed E-state index contributed by atoms with van der Waals surface area (Å²) in [5.74, 6) is -0.0835. The van der Waals surface area contributed by atoms with Crippen LogP contribution in [0.5, 0.6) is 0 Å². The zero-order valence-electron chi connectivity index (χ0n) is 11.9. The van der Waals surface area contributed by atoms with Gasteiger partial charge >= 0.3 is 0 Å². The van der Waals surface area contributed by atoms with E-state index in [2.05, 4.69) is 42.0 Å². The molecular formula is C15H19BrN2OS. The molecule has 1 heterocycles. The summed E-state index contributed by atoms with van der Waals surface area (Å²) in [6, 6.07) is 5.86. The number of anilines is 1. The zero-order chi connectivity index (χ0) is 14.9. The number of amides is 1. The van der Waals surface area contributed by atoms with Crippen LogP contribution in [-0.4, -0.2) is 12.5 Å². The van der Waals surface area contributed by atoms with Crippen LogP contribution in [0.25, 0.3) is 10.1 Å². The van der Waals surface area contributed by atoms with Crippen molar-refractivity contribution in [3.8, 4) is 0 Å². The number of thiophene rings is 1. The summed E-state index contributed by atoms with van der Waals surface area (Å²) in [5.41, 5.74) is 6.89. The molecule has 3 nitrogen and oxygen atoms in total. The Labute approximate surface area is 131 Å². The molecule has 0 aliphatic carbocycles. The average molecular weight is 355 g/mol. The molecule has 0 bridgehead atoms. The quantitative estimate of drug-likeness (QED) is 0.857. The standard InChI is InChI=1S/C15H19BrN2OS/c1-15(2,3)7-8-18-14(19)13-12(17)11-9(16)5-4-6-10(11)20-13/h4-6H,7-8,17H2,1-3H3,(H,18,19). The summed E-state index contributed by atoms with van der Waals surface area (Å²) < 4.78 is 1.95. The van der Waals surface area contributed by atoms with Gasteiger partial charge in [-0.25, -0.2) is 0 Å². The summed E-state index contributed by atoms with van der Waals surface area (Å²) in [7, 11) is 0. The van der Waals surface area contributed by atoms with Gasteiger partial charge in [0.2, 0.25) is 0 Å². The monoisotopic (exact) mass is 354 g/mol. The van der Waals surface area contributed by atoms with E-state index in [1.165, 1.54) is 11.3 Å². The SMILES string of the molecule is CC(C)(C)CCNC(=O)c1sc2cccc(Br)c2c1N. The van der Waals surface area contributed by atoms with E-state index in [1.807, 2.05) is 18.2 Å². The predicted molar refractivity (Wildman–Crippen MR) is 90.3 cm³/mol. The Morgan fingerprint density at radius 3 is 2.70 bits per heavy atom. The highest BCUT2D eigenvalue weighted by Crippen LogP contribution is 2.38. The first-order valence-corrected chi connectivity index (χ1v) is 8.15. The molecule has 0 saturated carbocycles. The number of nitrogens with one attached hydrogen (secondary N) is 1. The van der Waals surface area contributed by atoms with E-state index in [0.717, 1.165) is 21.0 Å². The van der Waals surface area contributed by atoms with Gasteiger partial charge < -0.3 is 11.1 Å². The third-order valence-corrected chi connectivity index (χ3v) is 4.90. The van der Waals surface area contributed by atoms with Crippen molar-refractivity contribution in [2.45, 2.75) is 27.2 Å². The largest absolute Gasteiger partial charge is 0.397 e. The molecule has 5 heteroatoms. The van der Waals surface area contributed by atoms with E-state index in [9.17, 15) is 4.79 Å². The minimum atomic E-state index is -0.0835. The number of carbonyl (C=O) groups is 1. The highest BCUT2D eigenvalue weighted by Gasteiger charge is 2.18. The molecule has 1 aromatic carbocycles. The predicted octanol–water partition coefficient (Wildman–Crippen LogP) is 4.41. The van der Waals surface area contributed by atoms with Gasteiger partial charge in [-0.2, -0.15) is 0 Å². The van der Waals surface area contributed by atoms with Crippen LogP contribution in [0.3, 0.4) is 0 Å². The molecule has 0 aliphatic heterocycles. The number of hydrogen-bond acceptors (Lipinski definition) is 3. The van der Waals surface area contributed by atoms with E-state index in [4.69, 9.17) is 5.73 Å². The molecule has 3 N–H and O–H groups in total. The maximum absolute atomic E-state index is 12.2. The molecule has 0 unspecified atom stereocenters. The number of rotatable bonds is 3. The van der Waals surface area contributed by atoms with Gasteiger partial charge in [-0.05, 0) is 24.0 Å². The van der Waals surface area contributed by atoms with Crippen molar-refractivity contribution in [2.75, 3.05) is 12.3 Å². The first-order valence-electron chi connectivity index (χ1n) is 6.54. The second-order valence-electron chi connectivity index (χ2n) is 6.02. The lowest BCUT2D eigenvalue weighted by Gasteiger charge is -2.17. The van der Waals surface area contributed by atoms with Crippen LogP contribution in [0.15, 0.2) is 22.7 Å². The van der Waals surface area contributed by atoms with Crippen molar-refractivity contribution < 1.29 is 4.79 Å². The molecule has 0 spiro atoms.